The van der Waals surface area contributed by atoms with E-state index in [0.29, 0.717) is 23.2 Å². The average Bonchev–Trinajstić information content (AvgIpc) is 3.46. The van der Waals surface area contributed by atoms with Crippen molar-refractivity contribution in [2.24, 2.45) is 0 Å². The molecule has 0 unspecified atom stereocenters. The molecule has 0 amide bonds. The summed E-state index contributed by atoms with van der Waals surface area (Å²) in [6, 6.07) is 16.3. The summed E-state index contributed by atoms with van der Waals surface area (Å²) in [5.41, 5.74) is 4.67. The second kappa shape index (κ2) is 10.4. The van der Waals surface area contributed by atoms with Crippen LogP contribution in [0.3, 0.4) is 0 Å². The Bertz CT molecular complexity index is 1220. The first-order valence-electron chi connectivity index (χ1n) is 10.9. The maximum atomic E-state index is 11.2. The molecule has 2 aromatic heterocycles. The number of rotatable bonds is 9. The van der Waals surface area contributed by atoms with Gasteiger partial charge in [-0.3, -0.25) is 4.79 Å². The van der Waals surface area contributed by atoms with E-state index in [4.69, 9.17) is 16.3 Å². The number of carbonyl (C=O) groups is 1. The first-order chi connectivity index (χ1) is 16.1. The molecular formula is C24H25ClN6O2. The molecule has 0 aliphatic carbocycles. The van der Waals surface area contributed by atoms with E-state index in [0.717, 1.165) is 47.3 Å². The van der Waals surface area contributed by atoms with E-state index in [1.54, 1.807) is 0 Å². The smallest absolute Gasteiger partial charge is 0.303 e. The van der Waals surface area contributed by atoms with Crippen molar-refractivity contribution in [2.75, 3.05) is 0 Å². The average molecular weight is 465 g/mol. The molecule has 2 heterocycles. The number of aryl methyl sites for hydroxylation is 1. The van der Waals surface area contributed by atoms with E-state index in [1.807, 2.05) is 28.8 Å². The zero-order valence-electron chi connectivity index (χ0n) is 18.6. The Morgan fingerprint density at radius 2 is 1.88 bits per heavy atom. The number of imidazole rings is 1. The molecule has 33 heavy (non-hydrogen) atoms. The van der Waals surface area contributed by atoms with Crippen LogP contribution in [0.4, 0.5) is 0 Å². The third kappa shape index (κ3) is 5.28. The molecule has 0 bridgehead atoms. The lowest BCUT2D eigenvalue weighted by molar-refractivity contribution is -0.142. The minimum absolute atomic E-state index is 0.0755. The predicted molar refractivity (Wildman–Crippen MR) is 125 cm³/mol. The van der Waals surface area contributed by atoms with E-state index in [-0.39, 0.29) is 12.6 Å². The number of H-pyrrole nitrogens is 1. The zero-order valence-corrected chi connectivity index (χ0v) is 19.3. The van der Waals surface area contributed by atoms with Crippen LogP contribution < -0.4 is 0 Å². The number of benzene rings is 2. The Morgan fingerprint density at radius 3 is 2.55 bits per heavy atom. The van der Waals surface area contributed by atoms with Crippen LogP contribution in [-0.2, 0) is 29.1 Å². The number of unbranched alkanes of at least 4 members (excludes halogenated alkanes) is 1. The number of carbonyl (C=O) groups excluding carboxylic acids is 1. The van der Waals surface area contributed by atoms with E-state index < -0.39 is 0 Å². The van der Waals surface area contributed by atoms with E-state index in [2.05, 4.69) is 56.8 Å². The Hall–Kier alpha value is -3.52. The molecule has 0 fully saturated rings. The number of tetrazole rings is 1. The number of halogens is 1. The van der Waals surface area contributed by atoms with Crippen LogP contribution in [0.25, 0.3) is 22.5 Å². The maximum absolute atomic E-state index is 11.2. The summed E-state index contributed by atoms with van der Waals surface area (Å²) in [6.07, 6.45) is 2.87. The number of aromatic nitrogens is 6. The molecule has 0 saturated heterocycles. The molecule has 1 N–H and O–H groups in total. The van der Waals surface area contributed by atoms with Crippen LogP contribution in [-0.4, -0.2) is 36.1 Å². The van der Waals surface area contributed by atoms with Crippen molar-refractivity contribution in [1.82, 2.24) is 30.2 Å². The van der Waals surface area contributed by atoms with Crippen LogP contribution in [0.5, 0.6) is 0 Å². The second-order valence-corrected chi connectivity index (χ2v) is 8.07. The first-order valence-corrected chi connectivity index (χ1v) is 11.2. The molecule has 4 rings (SSSR count). The lowest BCUT2D eigenvalue weighted by Gasteiger charge is -2.11. The molecule has 0 radical (unpaired) electrons. The quantitative estimate of drug-likeness (QED) is 0.356. The van der Waals surface area contributed by atoms with E-state index >= 15 is 0 Å². The van der Waals surface area contributed by atoms with Gasteiger partial charge in [-0.1, -0.05) is 73.5 Å². The first kappa shape index (κ1) is 22.7. The minimum Gasteiger partial charge on any atom is -0.459 e. The van der Waals surface area contributed by atoms with Crippen molar-refractivity contribution in [3.8, 4) is 22.5 Å². The van der Waals surface area contributed by atoms with Gasteiger partial charge in [-0.25, -0.2) is 4.98 Å². The van der Waals surface area contributed by atoms with Gasteiger partial charge in [0.2, 0.25) is 5.82 Å². The molecule has 0 spiro atoms. The lowest BCUT2D eigenvalue weighted by atomic mass is 9.98. The molecular weight excluding hydrogens is 440 g/mol. The number of hydrogen-bond donors (Lipinski definition) is 1. The number of aromatic amines is 1. The van der Waals surface area contributed by atoms with Crippen molar-refractivity contribution < 1.29 is 9.53 Å². The Morgan fingerprint density at radius 1 is 1.12 bits per heavy atom. The zero-order chi connectivity index (χ0) is 23.2. The molecule has 0 aliphatic heterocycles. The fourth-order valence-electron chi connectivity index (χ4n) is 3.66. The standard InChI is InChI=1S/C24H25ClN6O2/c1-3-4-9-22-26-21(15-33-16(2)32)23(25)31(22)14-17-10-12-18(13-11-17)19-7-5-6-8-20(19)24-27-29-30-28-24/h5-8,10-13H,3-4,9,14-15H2,1-2H3,(H,27,28,29,30). The maximum Gasteiger partial charge on any atom is 0.303 e. The van der Waals surface area contributed by atoms with E-state index in [1.165, 1.54) is 6.92 Å². The van der Waals surface area contributed by atoms with Crippen molar-refractivity contribution in [3.05, 3.63) is 70.8 Å². The molecule has 170 valence electrons. The summed E-state index contributed by atoms with van der Waals surface area (Å²) in [5, 5.41) is 14.9. The molecule has 0 aliphatic rings. The van der Waals surface area contributed by atoms with Crippen LogP contribution in [0, 0.1) is 0 Å². The van der Waals surface area contributed by atoms with Crippen molar-refractivity contribution >= 4 is 17.6 Å². The van der Waals surface area contributed by atoms with Gasteiger partial charge in [0, 0.05) is 18.9 Å². The Kier molecular flexibility index (Phi) is 7.14. The highest BCUT2D eigenvalue weighted by Crippen LogP contribution is 2.30. The summed E-state index contributed by atoms with van der Waals surface area (Å²) < 4.78 is 7.12. The summed E-state index contributed by atoms with van der Waals surface area (Å²) in [4.78, 5) is 15.9. The van der Waals surface area contributed by atoms with Gasteiger partial charge in [0.1, 0.15) is 23.3 Å². The topological polar surface area (TPSA) is 98.6 Å². The molecule has 9 heteroatoms. The Labute approximate surface area is 197 Å². The normalized spacial score (nSPS) is 11.0. The largest absolute Gasteiger partial charge is 0.459 e. The lowest BCUT2D eigenvalue weighted by Crippen LogP contribution is -2.06. The molecule has 2 aromatic carbocycles. The fraction of sp³-hybridized carbons (Fsp3) is 0.292. The van der Waals surface area contributed by atoms with Crippen molar-refractivity contribution in [1.29, 1.82) is 0 Å². The predicted octanol–water partition coefficient (Wildman–Crippen LogP) is 4.84. The third-order valence-corrected chi connectivity index (χ3v) is 5.76. The molecule has 8 nitrogen and oxygen atoms in total. The third-order valence-electron chi connectivity index (χ3n) is 5.34. The van der Waals surface area contributed by atoms with Crippen LogP contribution in [0.2, 0.25) is 5.15 Å². The highest BCUT2D eigenvalue weighted by molar-refractivity contribution is 6.30. The highest BCUT2D eigenvalue weighted by atomic mass is 35.5. The minimum atomic E-state index is -0.354. The number of esters is 1. The van der Waals surface area contributed by atoms with Crippen LogP contribution in [0.1, 0.15) is 43.8 Å². The monoisotopic (exact) mass is 464 g/mol. The summed E-state index contributed by atoms with van der Waals surface area (Å²) in [7, 11) is 0. The van der Waals surface area contributed by atoms with Gasteiger partial charge in [-0.2, -0.15) is 5.21 Å². The van der Waals surface area contributed by atoms with Crippen molar-refractivity contribution in [3.63, 3.8) is 0 Å². The van der Waals surface area contributed by atoms with Gasteiger partial charge < -0.3 is 9.30 Å². The van der Waals surface area contributed by atoms with Gasteiger partial charge in [0.05, 0.1) is 6.54 Å². The SMILES string of the molecule is CCCCc1nc(COC(C)=O)c(Cl)n1Cc1ccc(-c2ccccc2-c2nn[nH]n2)cc1. The number of ether oxygens (including phenoxy) is 1. The fourth-order valence-corrected chi connectivity index (χ4v) is 3.91. The highest BCUT2D eigenvalue weighted by Gasteiger charge is 2.17. The van der Waals surface area contributed by atoms with Crippen molar-refractivity contribution in [2.45, 2.75) is 46.3 Å². The number of nitrogens with one attached hydrogen (secondary N) is 1. The van der Waals surface area contributed by atoms with Gasteiger partial charge in [0.25, 0.3) is 0 Å². The van der Waals surface area contributed by atoms with Crippen LogP contribution in [0.15, 0.2) is 48.5 Å². The van der Waals surface area contributed by atoms with E-state index in [9.17, 15) is 4.79 Å². The molecule has 0 saturated carbocycles. The number of nitrogens with zero attached hydrogens (tertiary/aromatic N) is 5. The molecule has 0 atom stereocenters. The van der Waals surface area contributed by atoms with Gasteiger partial charge in [0.15, 0.2) is 0 Å². The second-order valence-electron chi connectivity index (χ2n) is 7.71. The van der Waals surface area contributed by atoms with Crippen LogP contribution >= 0.6 is 11.6 Å². The number of hydrogen-bond acceptors (Lipinski definition) is 6. The summed E-state index contributed by atoms with van der Waals surface area (Å²) in [5.74, 6) is 1.10. The summed E-state index contributed by atoms with van der Waals surface area (Å²) in [6.45, 7) is 4.17. The van der Waals surface area contributed by atoms with Gasteiger partial charge in [-0.05, 0) is 28.3 Å². The molecule has 4 aromatic rings. The van der Waals surface area contributed by atoms with Gasteiger partial charge in [-0.15, -0.1) is 10.2 Å². The van der Waals surface area contributed by atoms with Gasteiger partial charge >= 0.3 is 5.97 Å². The summed E-state index contributed by atoms with van der Waals surface area (Å²) >= 11 is 6.63. The Balaban J connectivity index is 1.59.